The van der Waals surface area contributed by atoms with Gasteiger partial charge in [-0.1, -0.05) is 6.92 Å². The molecule has 1 aliphatic heterocycles. The molecule has 2 atom stereocenters. The lowest BCUT2D eigenvalue weighted by molar-refractivity contribution is -0.106. The zero-order valence-corrected chi connectivity index (χ0v) is 5.39. The quantitative estimate of drug-likeness (QED) is 0.509. The summed E-state index contributed by atoms with van der Waals surface area (Å²) in [6.07, 6.45) is 1.20. The molecule has 2 nitrogen and oxygen atoms in total. The molecular formula is C6H12O2. The van der Waals surface area contributed by atoms with Crippen molar-refractivity contribution in [3.63, 3.8) is 0 Å². The van der Waals surface area contributed by atoms with Crippen molar-refractivity contribution in [3.05, 3.63) is 0 Å². The summed E-state index contributed by atoms with van der Waals surface area (Å²) in [6.45, 7) is 3.00. The van der Waals surface area contributed by atoms with Gasteiger partial charge in [-0.2, -0.15) is 0 Å². The van der Waals surface area contributed by atoms with Gasteiger partial charge in [-0.25, -0.2) is 0 Å². The van der Waals surface area contributed by atoms with E-state index in [1.54, 1.807) is 7.11 Å². The van der Waals surface area contributed by atoms with Gasteiger partial charge in [0.2, 0.25) is 0 Å². The predicted molar refractivity (Wildman–Crippen MR) is 30.5 cm³/mol. The lowest BCUT2D eigenvalue weighted by atomic mass is 10.1. The van der Waals surface area contributed by atoms with Crippen molar-refractivity contribution >= 4 is 0 Å². The summed E-state index contributed by atoms with van der Waals surface area (Å²) in [7, 11) is 1.69. The van der Waals surface area contributed by atoms with Crippen molar-refractivity contribution in [3.8, 4) is 0 Å². The molecule has 1 aliphatic rings. The summed E-state index contributed by atoms with van der Waals surface area (Å²) in [5.41, 5.74) is 0. The van der Waals surface area contributed by atoms with E-state index in [1.807, 2.05) is 0 Å². The van der Waals surface area contributed by atoms with Gasteiger partial charge in [0.25, 0.3) is 0 Å². The molecule has 8 heavy (non-hydrogen) atoms. The fraction of sp³-hybridized carbons (Fsp3) is 1.00. The molecule has 0 saturated carbocycles. The highest BCUT2D eigenvalue weighted by molar-refractivity contribution is 4.62. The highest BCUT2D eigenvalue weighted by atomic mass is 16.7. The molecule has 0 bridgehead atoms. The van der Waals surface area contributed by atoms with E-state index in [0.29, 0.717) is 5.92 Å². The van der Waals surface area contributed by atoms with Gasteiger partial charge in [-0.15, -0.1) is 0 Å². The summed E-state index contributed by atoms with van der Waals surface area (Å²) in [5, 5.41) is 0. The third kappa shape index (κ3) is 1.01. The first kappa shape index (κ1) is 6.05. The Labute approximate surface area is 49.8 Å². The molecule has 0 N–H and O–H groups in total. The molecule has 1 fully saturated rings. The molecule has 0 aromatic heterocycles. The minimum absolute atomic E-state index is 0.0648. The summed E-state index contributed by atoms with van der Waals surface area (Å²) in [4.78, 5) is 0. The number of ether oxygens (including phenoxy) is 2. The third-order valence-corrected chi connectivity index (χ3v) is 1.55. The topological polar surface area (TPSA) is 18.5 Å². The van der Waals surface area contributed by atoms with E-state index < -0.39 is 0 Å². The fourth-order valence-electron chi connectivity index (χ4n) is 0.971. The number of hydrogen-bond donors (Lipinski definition) is 0. The molecule has 0 spiro atoms. The van der Waals surface area contributed by atoms with E-state index in [1.165, 1.54) is 0 Å². The van der Waals surface area contributed by atoms with Crippen molar-refractivity contribution in [2.24, 2.45) is 5.92 Å². The average molecular weight is 116 g/mol. The first-order valence-electron chi connectivity index (χ1n) is 2.99. The van der Waals surface area contributed by atoms with E-state index >= 15 is 0 Å². The first-order chi connectivity index (χ1) is 3.84. The van der Waals surface area contributed by atoms with Gasteiger partial charge >= 0.3 is 0 Å². The standard InChI is InChI=1S/C6H12O2/c1-5-3-4-8-6(5)7-2/h5-6H,3-4H2,1-2H3/t5-,6?/m0/s1. The normalized spacial score (nSPS) is 38.2. The molecule has 0 aliphatic carbocycles. The van der Waals surface area contributed by atoms with Crippen LogP contribution in [-0.4, -0.2) is 20.0 Å². The molecule has 48 valence electrons. The van der Waals surface area contributed by atoms with Crippen LogP contribution in [0, 0.1) is 5.92 Å². The highest BCUT2D eigenvalue weighted by Gasteiger charge is 2.22. The third-order valence-electron chi connectivity index (χ3n) is 1.55. The molecule has 2 heteroatoms. The molecule has 0 amide bonds. The van der Waals surface area contributed by atoms with Crippen LogP contribution in [0.15, 0.2) is 0 Å². The van der Waals surface area contributed by atoms with Gasteiger partial charge < -0.3 is 9.47 Å². The van der Waals surface area contributed by atoms with Gasteiger partial charge in [0.05, 0.1) is 6.61 Å². The van der Waals surface area contributed by atoms with Crippen molar-refractivity contribution < 1.29 is 9.47 Å². The van der Waals surface area contributed by atoms with Crippen LogP contribution >= 0.6 is 0 Å². The van der Waals surface area contributed by atoms with E-state index in [0.717, 1.165) is 13.0 Å². The minimum atomic E-state index is 0.0648. The summed E-state index contributed by atoms with van der Waals surface area (Å²) in [5.74, 6) is 0.583. The largest absolute Gasteiger partial charge is 0.356 e. The Bertz CT molecular complexity index is 72.9. The molecule has 1 unspecified atom stereocenters. The van der Waals surface area contributed by atoms with Crippen LogP contribution in [0.25, 0.3) is 0 Å². The highest BCUT2D eigenvalue weighted by Crippen LogP contribution is 2.19. The Morgan fingerprint density at radius 3 is 2.62 bits per heavy atom. The SMILES string of the molecule is COC1OCC[C@@H]1C. The molecule has 1 heterocycles. The van der Waals surface area contributed by atoms with Gasteiger partial charge in [0.15, 0.2) is 6.29 Å². The lowest BCUT2D eigenvalue weighted by Crippen LogP contribution is -2.14. The smallest absolute Gasteiger partial charge is 0.159 e. The zero-order chi connectivity index (χ0) is 5.98. The summed E-state index contributed by atoms with van der Waals surface area (Å²) in [6, 6.07) is 0. The Morgan fingerprint density at radius 2 is 2.38 bits per heavy atom. The van der Waals surface area contributed by atoms with E-state index in [4.69, 9.17) is 9.47 Å². The average Bonchev–Trinajstić information content (AvgIpc) is 2.14. The van der Waals surface area contributed by atoms with Crippen molar-refractivity contribution in [2.75, 3.05) is 13.7 Å². The van der Waals surface area contributed by atoms with Crippen LogP contribution in [0.3, 0.4) is 0 Å². The van der Waals surface area contributed by atoms with Gasteiger partial charge in [0, 0.05) is 13.0 Å². The monoisotopic (exact) mass is 116 g/mol. The predicted octanol–water partition coefficient (Wildman–Crippen LogP) is 1.02. The maximum absolute atomic E-state index is 5.19. The zero-order valence-electron chi connectivity index (χ0n) is 5.39. The van der Waals surface area contributed by atoms with Crippen LogP contribution in [0.1, 0.15) is 13.3 Å². The number of hydrogen-bond acceptors (Lipinski definition) is 2. The molecule has 1 saturated heterocycles. The second-order valence-electron chi connectivity index (χ2n) is 2.24. The van der Waals surface area contributed by atoms with Crippen molar-refractivity contribution in [1.29, 1.82) is 0 Å². The van der Waals surface area contributed by atoms with Crippen LogP contribution in [-0.2, 0) is 9.47 Å². The molecule has 0 aromatic carbocycles. The Balaban J connectivity index is 2.30. The van der Waals surface area contributed by atoms with Gasteiger partial charge in [-0.05, 0) is 6.42 Å². The Morgan fingerprint density at radius 1 is 1.62 bits per heavy atom. The maximum Gasteiger partial charge on any atom is 0.159 e. The second kappa shape index (κ2) is 2.46. The van der Waals surface area contributed by atoms with Crippen molar-refractivity contribution in [1.82, 2.24) is 0 Å². The van der Waals surface area contributed by atoms with Crippen molar-refractivity contribution in [2.45, 2.75) is 19.6 Å². The summed E-state index contributed by atoms with van der Waals surface area (Å²) >= 11 is 0. The lowest BCUT2D eigenvalue weighted by Gasteiger charge is -2.10. The maximum atomic E-state index is 5.19. The van der Waals surface area contributed by atoms with Crippen LogP contribution in [0.2, 0.25) is 0 Å². The Kier molecular flexibility index (Phi) is 1.86. The first-order valence-corrected chi connectivity index (χ1v) is 2.99. The van der Waals surface area contributed by atoms with E-state index in [9.17, 15) is 0 Å². The van der Waals surface area contributed by atoms with Gasteiger partial charge in [0.1, 0.15) is 0 Å². The number of rotatable bonds is 1. The molecule has 1 rings (SSSR count). The second-order valence-corrected chi connectivity index (χ2v) is 2.24. The summed E-state index contributed by atoms with van der Waals surface area (Å²) < 4.78 is 10.2. The molecule has 0 radical (unpaired) electrons. The van der Waals surface area contributed by atoms with E-state index in [-0.39, 0.29) is 6.29 Å². The van der Waals surface area contributed by atoms with E-state index in [2.05, 4.69) is 6.92 Å². The van der Waals surface area contributed by atoms with Gasteiger partial charge in [-0.3, -0.25) is 0 Å². The fourth-order valence-corrected chi connectivity index (χ4v) is 0.971. The number of methoxy groups -OCH3 is 1. The minimum Gasteiger partial charge on any atom is -0.356 e. The van der Waals surface area contributed by atoms with Crippen LogP contribution < -0.4 is 0 Å². The van der Waals surface area contributed by atoms with Crippen LogP contribution in [0.4, 0.5) is 0 Å². The molecular weight excluding hydrogens is 104 g/mol. The Hall–Kier alpha value is -0.0800. The van der Waals surface area contributed by atoms with Crippen LogP contribution in [0.5, 0.6) is 0 Å². The molecule has 0 aromatic rings.